The highest BCUT2D eigenvalue weighted by Gasteiger charge is 2.15. The van der Waals surface area contributed by atoms with Crippen molar-refractivity contribution in [2.45, 2.75) is 0 Å². The Bertz CT molecular complexity index is 1280. The van der Waals surface area contributed by atoms with E-state index in [9.17, 15) is 0 Å². The third kappa shape index (κ3) is 1.82. The van der Waals surface area contributed by atoms with Crippen LogP contribution in [-0.4, -0.2) is 9.97 Å². The molecule has 0 aliphatic heterocycles. The predicted octanol–water partition coefficient (Wildman–Crippen LogP) is 7.06. The molecule has 0 saturated carbocycles. The fourth-order valence-electron chi connectivity index (χ4n) is 2.76. The van der Waals surface area contributed by atoms with Crippen molar-refractivity contribution in [3.8, 4) is 9.88 Å². The number of benzene rings is 1. The summed E-state index contributed by atoms with van der Waals surface area (Å²) in [5.41, 5.74) is 4.05. The summed E-state index contributed by atoms with van der Waals surface area (Å²) in [4.78, 5) is 10.6. The number of thiazole rings is 2. The van der Waals surface area contributed by atoms with Crippen molar-refractivity contribution in [3.05, 3.63) is 35.2 Å². The van der Waals surface area contributed by atoms with E-state index in [1.54, 1.807) is 22.7 Å². The van der Waals surface area contributed by atoms with E-state index in [2.05, 4.69) is 34.6 Å². The molecular formula is C16H6N2S5. The van der Waals surface area contributed by atoms with Gasteiger partial charge in [-0.05, 0) is 29.6 Å². The molecule has 0 aliphatic carbocycles. The van der Waals surface area contributed by atoms with Crippen LogP contribution in [0, 0.1) is 0 Å². The van der Waals surface area contributed by atoms with Crippen molar-refractivity contribution in [1.29, 1.82) is 0 Å². The number of hydrogen-bond acceptors (Lipinski definition) is 7. The molecule has 0 atom stereocenters. The van der Waals surface area contributed by atoms with Crippen molar-refractivity contribution >= 4 is 95.9 Å². The van der Waals surface area contributed by atoms with Gasteiger partial charge in [0, 0.05) is 9.40 Å². The zero-order chi connectivity index (χ0) is 15.0. The van der Waals surface area contributed by atoms with E-state index in [0.29, 0.717) is 0 Å². The summed E-state index contributed by atoms with van der Waals surface area (Å²) < 4.78 is 8.05. The second-order valence-electron chi connectivity index (χ2n) is 5.18. The highest BCUT2D eigenvalue weighted by atomic mass is 32.1. The number of nitrogens with zero attached hydrogens (tertiary/aromatic N) is 2. The maximum atomic E-state index is 4.87. The molecule has 0 N–H and O–H groups in total. The molecule has 110 valence electrons. The van der Waals surface area contributed by atoms with Crippen LogP contribution in [0.15, 0.2) is 35.2 Å². The van der Waals surface area contributed by atoms with Crippen molar-refractivity contribution in [3.63, 3.8) is 0 Å². The third-order valence-corrected chi connectivity index (χ3v) is 9.36. The van der Waals surface area contributed by atoms with Gasteiger partial charge in [-0.2, -0.15) is 0 Å². The van der Waals surface area contributed by atoms with Crippen LogP contribution in [0.4, 0.5) is 0 Å². The fraction of sp³-hybridized carbons (Fsp3) is 0. The van der Waals surface area contributed by atoms with E-state index in [1.165, 1.54) is 33.1 Å². The lowest BCUT2D eigenvalue weighted by Crippen LogP contribution is -1.70. The van der Waals surface area contributed by atoms with Crippen LogP contribution in [0.25, 0.3) is 49.1 Å². The number of aromatic nitrogens is 2. The lowest BCUT2D eigenvalue weighted by molar-refractivity contribution is 1.49. The lowest BCUT2D eigenvalue weighted by atomic mass is 10.3. The molecule has 0 aliphatic rings. The van der Waals surface area contributed by atoms with Crippen LogP contribution in [0.5, 0.6) is 0 Å². The molecule has 2 nitrogen and oxygen atoms in total. The summed E-state index contributed by atoms with van der Waals surface area (Å²) in [6.45, 7) is 0. The van der Waals surface area contributed by atoms with E-state index < -0.39 is 0 Å². The zero-order valence-electron chi connectivity index (χ0n) is 11.4. The first-order chi connectivity index (χ1) is 11.3. The summed E-state index contributed by atoms with van der Waals surface area (Å²) in [6, 6.07) is 8.84. The minimum Gasteiger partial charge on any atom is -0.245 e. The first kappa shape index (κ1) is 13.0. The number of thiophene rings is 3. The molecule has 0 amide bonds. The molecule has 1 aromatic carbocycles. The average Bonchev–Trinajstić information content (AvgIpc) is 3.29. The zero-order valence-corrected chi connectivity index (χ0v) is 15.5. The minimum atomic E-state index is 1.07. The Kier molecular flexibility index (Phi) is 2.58. The Morgan fingerprint density at radius 3 is 2.70 bits per heavy atom. The summed E-state index contributed by atoms with van der Waals surface area (Å²) >= 11 is 9.03. The number of hydrogen-bond donors (Lipinski definition) is 0. The quantitative estimate of drug-likeness (QED) is 0.302. The maximum Gasteiger partial charge on any atom is 0.134 e. The molecule has 6 aromatic rings. The van der Waals surface area contributed by atoms with Gasteiger partial charge >= 0.3 is 0 Å². The molecule has 5 aromatic heterocycles. The van der Waals surface area contributed by atoms with Gasteiger partial charge in [-0.1, -0.05) is 0 Å². The first-order valence-electron chi connectivity index (χ1n) is 6.89. The smallest absolute Gasteiger partial charge is 0.134 e. The molecule has 23 heavy (non-hydrogen) atoms. The lowest BCUT2D eigenvalue weighted by Gasteiger charge is -1.87. The fourth-order valence-corrected chi connectivity index (χ4v) is 8.24. The molecule has 0 saturated heterocycles. The van der Waals surface area contributed by atoms with E-state index in [4.69, 9.17) is 4.98 Å². The van der Waals surface area contributed by atoms with Gasteiger partial charge < -0.3 is 0 Å². The van der Waals surface area contributed by atoms with Crippen LogP contribution in [0.1, 0.15) is 0 Å². The van der Waals surface area contributed by atoms with Gasteiger partial charge in [0.15, 0.2) is 0 Å². The Balaban J connectivity index is 1.60. The topological polar surface area (TPSA) is 25.8 Å². The van der Waals surface area contributed by atoms with Gasteiger partial charge in [-0.25, -0.2) is 9.97 Å². The predicted molar refractivity (Wildman–Crippen MR) is 107 cm³/mol. The largest absolute Gasteiger partial charge is 0.245 e. The molecular weight excluding hydrogens is 381 g/mol. The highest BCUT2D eigenvalue weighted by Crippen LogP contribution is 2.46. The maximum absolute atomic E-state index is 4.87. The molecule has 6 rings (SSSR count). The average molecular weight is 387 g/mol. The SMILES string of the molecule is c1nc2cc3sc(-c4cc5sc6ccsc6c5s4)nc3cc2s1. The Morgan fingerprint density at radius 2 is 1.70 bits per heavy atom. The molecule has 0 fully saturated rings. The van der Waals surface area contributed by atoms with Crippen molar-refractivity contribution in [2.75, 3.05) is 0 Å². The van der Waals surface area contributed by atoms with E-state index in [0.717, 1.165) is 16.0 Å². The standard InChI is InChI=1S/C16H6N2S5/c1-2-19-14-9(1)21-12-5-13(22-15(12)14)16-18-8-4-10-7(17-6-20-10)3-11(8)23-16/h1-6H. The summed E-state index contributed by atoms with van der Waals surface area (Å²) in [6.07, 6.45) is 0. The van der Waals surface area contributed by atoms with Crippen molar-refractivity contribution < 1.29 is 0 Å². The van der Waals surface area contributed by atoms with Gasteiger partial charge in [0.05, 0.1) is 40.2 Å². The van der Waals surface area contributed by atoms with E-state index in [-0.39, 0.29) is 0 Å². The summed E-state index contributed by atoms with van der Waals surface area (Å²) in [5.74, 6) is 0. The minimum absolute atomic E-state index is 1.07. The molecule has 0 radical (unpaired) electrons. The van der Waals surface area contributed by atoms with Gasteiger partial charge in [0.2, 0.25) is 0 Å². The van der Waals surface area contributed by atoms with Crippen molar-refractivity contribution in [2.24, 2.45) is 0 Å². The molecule has 0 spiro atoms. The van der Waals surface area contributed by atoms with Crippen LogP contribution in [0.2, 0.25) is 0 Å². The Hall–Kier alpha value is -1.38. The van der Waals surface area contributed by atoms with Crippen LogP contribution < -0.4 is 0 Å². The number of rotatable bonds is 1. The van der Waals surface area contributed by atoms with E-state index >= 15 is 0 Å². The van der Waals surface area contributed by atoms with Gasteiger partial charge in [0.1, 0.15) is 5.01 Å². The molecule has 7 heteroatoms. The summed E-state index contributed by atoms with van der Waals surface area (Å²) in [7, 11) is 0. The first-order valence-corrected chi connectivity index (χ1v) is 11.1. The monoisotopic (exact) mass is 386 g/mol. The van der Waals surface area contributed by atoms with Crippen molar-refractivity contribution in [1.82, 2.24) is 9.97 Å². The highest BCUT2D eigenvalue weighted by molar-refractivity contribution is 7.39. The Morgan fingerprint density at radius 1 is 0.739 bits per heavy atom. The van der Waals surface area contributed by atoms with Crippen LogP contribution >= 0.6 is 56.7 Å². The normalized spacial score (nSPS) is 12.3. The second kappa shape index (κ2) is 4.58. The second-order valence-corrected chi connectivity index (χ2v) is 10.1. The van der Waals surface area contributed by atoms with Gasteiger partial charge in [-0.15, -0.1) is 56.7 Å². The van der Waals surface area contributed by atoms with E-state index in [1.807, 2.05) is 39.5 Å². The van der Waals surface area contributed by atoms with Crippen LogP contribution in [-0.2, 0) is 0 Å². The van der Waals surface area contributed by atoms with Crippen LogP contribution in [0.3, 0.4) is 0 Å². The third-order valence-electron chi connectivity index (χ3n) is 3.80. The van der Waals surface area contributed by atoms with Gasteiger partial charge in [0.25, 0.3) is 0 Å². The molecule has 0 bridgehead atoms. The molecule has 0 unspecified atom stereocenters. The Labute approximate surface area is 150 Å². The van der Waals surface area contributed by atoms with Gasteiger partial charge in [-0.3, -0.25) is 0 Å². The number of fused-ring (bicyclic) bond motifs is 5. The molecule has 5 heterocycles. The summed E-state index contributed by atoms with van der Waals surface area (Å²) in [5, 5.41) is 3.30.